The first-order valence-electron chi connectivity index (χ1n) is 7.89. The number of benzene rings is 2. The van der Waals surface area contributed by atoms with Gasteiger partial charge in [-0.3, -0.25) is 0 Å². The van der Waals surface area contributed by atoms with E-state index < -0.39 is 18.1 Å². The van der Waals surface area contributed by atoms with Gasteiger partial charge in [-0.05, 0) is 24.0 Å². The first-order chi connectivity index (χ1) is 11.6. The molecule has 0 spiro atoms. The van der Waals surface area contributed by atoms with E-state index in [1.54, 1.807) is 0 Å². The standard InChI is InChI=1S/C19H21NO4/c21-18(22)17(14-16-10-5-2-6-11-16)20-19(23)24-13-7-12-15-8-3-1-4-9-15/h1-6,8-11,17H,7,12-14H2,(H,20,23)(H,21,22)/t17-/m0/s1. The fourth-order valence-corrected chi connectivity index (χ4v) is 2.32. The van der Waals surface area contributed by atoms with Crippen LogP contribution in [0.2, 0.25) is 0 Å². The molecule has 2 rings (SSSR count). The molecule has 0 aromatic heterocycles. The van der Waals surface area contributed by atoms with E-state index in [0.717, 1.165) is 12.0 Å². The van der Waals surface area contributed by atoms with Crippen molar-refractivity contribution in [3.05, 3.63) is 71.8 Å². The molecular formula is C19H21NO4. The zero-order valence-corrected chi connectivity index (χ0v) is 13.4. The van der Waals surface area contributed by atoms with Crippen LogP contribution in [0.25, 0.3) is 0 Å². The fraction of sp³-hybridized carbons (Fsp3) is 0.263. The van der Waals surface area contributed by atoms with E-state index in [1.807, 2.05) is 60.7 Å². The van der Waals surface area contributed by atoms with Gasteiger partial charge in [0.25, 0.3) is 0 Å². The number of rotatable bonds is 8. The van der Waals surface area contributed by atoms with Gasteiger partial charge in [-0.2, -0.15) is 0 Å². The number of aliphatic carboxylic acids is 1. The zero-order chi connectivity index (χ0) is 17.2. The maximum atomic E-state index is 11.8. The number of alkyl carbamates (subject to hydrolysis) is 1. The second-order valence-electron chi connectivity index (χ2n) is 5.45. The summed E-state index contributed by atoms with van der Waals surface area (Å²) >= 11 is 0. The van der Waals surface area contributed by atoms with Crippen molar-refractivity contribution in [3.63, 3.8) is 0 Å². The van der Waals surface area contributed by atoms with Crippen LogP contribution in [0.1, 0.15) is 17.5 Å². The van der Waals surface area contributed by atoms with E-state index in [1.165, 1.54) is 5.56 Å². The average molecular weight is 327 g/mol. The Morgan fingerprint density at radius 3 is 2.12 bits per heavy atom. The molecule has 0 aliphatic carbocycles. The van der Waals surface area contributed by atoms with Gasteiger partial charge in [0.1, 0.15) is 6.04 Å². The number of ether oxygens (including phenoxy) is 1. The molecule has 0 aliphatic rings. The van der Waals surface area contributed by atoms with Crippen LogP contribution in [0.15, 0.2) is 60.7 Å². The lowest BCUT2D eigenvalue weighted by Crippen LogP contribution is -2.42. The predicted molar refractivity (Wildman–Crippen MR) is 90.8 cm³/mol. The second kappa shape index (κ2) is 9.35. The van der Waals surface area contributed by atoms with Crippen molar-refractivity contribution in [2.24, 2.45) is 0 Å². The van der Waals surface area contributed by atoms with Gasteiger partial charge in [-0.1, -0.05) is 60.7 Å². The summed E-state index contributed by atoms with van der Waals surface area (Å²) in [4.78, 5) is 23.0. The van der Waals surface area contributed by atoms with Crippen molar-refractivity contribution in [1.82, 2.24) is 5.32 Å². The minimum absolute atomic E-state index is 0.218. The summed E-state index contributed by atoms with van der Waals surface area (Å²) in [6, 6.07) is 18.1. The second-order valence-corrected chi connectivity index (χ2v) is 5.45. The minimum Gasteiger partial charge on any atom is -0.480 e. The van der Waals surface area contributed by atoms with Gasteiger partial charge in [-0.15, -0.1) is 0 Å². The highest BCUT2D eigenvalue weighted by Crippen LogP contribution is 2.05. The van der Waals surface area contributed by atoms with E-state index in [0.29, 0.717) is 6.42 Å². The Kier molecular flexibility index (Phi) is 6.83. The summed E-state index contributed by atoms with van der Waals surface area (Å²) in [5.74, 6) is -1.08. The molecule has 0 fully saturated rings. The van der Waals surface area contributed by atoms with Crippen LogP contribution >= 0.6 is 0 Å². The molecule has 0 unspecified atom stereocenters. The molecular weight excluding hydrogens is 306 g/mol. The minimum atomic E-state index is -1.08. The van der Waals surface area contributed by atoms with Crippen molar-refractivity contribution >= 4 is 12.1 Å². The Morgan fingerprint density at radius 1 is 0.958 bits per heavy atom. The average Bonchev–Trinajstić information content (AvgIpc) is 2.60. The molecule has 5 nitrogen and oxygen atoms in total. The summed E-state index contributed by atoms with van der Waals surface area (Å²) in [7, 11) is 0. The van der Waals surface area contributed by atoms with Gasteiger partial charge in [0.2, 0.25) is 0 Å². The molecule has 2 aromatic carbocycles. The van der Waals surface area contributed by atoms with Gasteiger partial charge < -0.3 is 15.2 Å². The lowest BCUT2D eigenvalue weighted by atomic mass is 10.1. The maximum Gasteiger partial charge on any atom is 0.407 e. The number of nitrogens with one attached hydrogen (secondary N) is 1. The number of carboxylic acid groups (broad SMARTS) is 1. The molecule has 126 valence electrons. The van der Waals surface area contributed by atoms with E-state index in [2.05, 4.69) is 5.32 Å². The third-order valence-corrected chi connectivity index (χ3v) is 3.56. The van der Waals surface area contributed by atoms with Gasteiger partial charge in [0, 0.05) is 6.42 Å². The Bertz CT molecular complexity index is 643. The molecule has 2 N–H and O–H groups in total. The molecule has 1 atom stereocenters. The Hall–Kier alpha value is -2.82. The number of carbonyl (C=O) groups is 2. The monoisotopic (exact) mass is 327 g/mol. The van der Waals surface area contributed by atoms with Crippen molar-refractivity contribution in [2.75, 3.05) is 6.61 Å². The highest BCUT2D eigenvalue weighted by atomic mass is 16.5. The predicted octanol–water partition coefficient (Wildman–Crippen LogP) is 3.04. The van der Waals surface area contributed by atoms with Gasteiger partial charge in [0.05, 0.1) is 6.61 Å². The Morgan fingerprint density at radius 2 is 1.54 bits per heavy atom. The third kappa shape index (κ3) is 6.12. The number of hydrogen-bond acceptors (Lipinski definition) is 3. The summed E-state index contributed by atoms with van der Waals surface area (Å²) < 4.78 is 5.07. The van der Waals surface area contributed by atoms with Gasteiger partial charge in [0.15, 0.2) is 0 Å². The molecule has 0 bridgehead atoms. The van der Waals surface area contributed by atoms with E-state index in [-0.39, 0.29) is 13.0 Å². The molecule has 0 saturated carbocycles. The van der Waals surface area contributed by atoms with Gasteiger partial charge in [-0.25, -0.2) is 9.59 Å². The van der Waals surface area contributed by atoms with E-state index in [4.69, 9.17) is 4.74 Å². The van der Waals surface area contributed by atoms with Crippen molar-refractivity contribution in [3.8, 4) is 0 Å². The van der Waals surface area contributed by atoms with E-state index in [9.17, 15) is 14.7 Å². The van der Waals surface area contributed by atoms with Crippen molar-refractivity contribution < 1.29 is 19.4 Å². The van der Waals surface area contributed by atoms with Crippen molar-refractivity contribution in [2.45, 2.75) is 25.3 Å². The zero-order valence-electron chi connectivity index (χ0n) is 13.4. The highest BCUT2D eigenvalue weighted by Gasteiger charge is 2.20. The number of aryl methyl sites for hydroxylation is 1. The maximum absolute atomic E-state index is 11.8. The number of carbonyl (C=O) groups excluding carboxylic acids is 1. The summed E-state index contributed by atoms with van der Waals surface area (Å²) in [5, 5.41) is 11.6. The van der Waals surface area contributed by atoms with Crippen LogP contribution in [0.4, 0.5) is 4.79 Å². The number of amides is 1. The van der Waals surface area contributed by atoms with E-state index >= 15 is 0 Å². The molecule has 0 saturated heterocycles. The van der Waals surface area contributed by atoms with Crippen LogP contribution < -0.4 is 5.32 Å². The third-order valence-electron chi connectivity index (χ3n) is 3.56. The highest BCUT2D eigenvalue weighted by molar-refractivity contribution is 5.80. The van der Waals surface area contributed by atoms with Crippen LogP contribution in [0, 0.1) is 0 Å². The molecule has 0 aliphatic heterocycles. The molecule has 2 aromatic rings. The Labute approximate surface area is 141 Å². The van der Waals surface area contributed by atoms with Crippen LogP contribution in [0.3, 0.4) is 0 Å². The lowest BCUT2D eigenvalue weighted by Gasteiger charge is -2.14. The Balaban J connectivity index is 1.73. The molecule has 24 heavy (non-hydrogen) atoms. The molecule has 1 amide bonds. The topological polar surface area (TPSA) is 75.6 Å². The first kappa shape index (κ1) is 17.5. The molecule has 0 radical (unpaired) electrons. The first-order valence-corrected chi connectivity index (χ1v) is 7.89. The fourth-order valence-electron chi connectivity index (χ4n) is 2.32. The number of carboxylic acids is 1. The number of hydrogen-bond donors (Lipinski definition) is 2. The van der Waals surface area contributed by atoms with Crippen LogP contribution in [0.5, 0.6) is 0 Å². The summed E-state index contributed by atoms with van der Waals surface area (Å²) in [6.45, 7) is 0.248. The normalized spacial score (nSPS) is 11.5. The summed E-state index contributed by atoms with van der Waals surface area (Å²) in [5.41, 5.74) is 2.02. The SMILES string of the molecule is O=C(N[C@@H](Cc1ccccc1)C(=O)O)OCCCc1ccccc1. The molecule has 0 heterocycles. The van der Waals surface area contributed by atoms with Crippen molar-refractivity contribution in [1.29, 1.82) is 0 Å². The molecule has 5 heteroatoms. The van der Waals surface area contributed by atoms with Crippen LogP contribution in [-0.4, -0.2) is 29.8 Å². The quantitative estimate of drug-likeness (QED) is 0.731. The van der Waals surface area contributed by atoms with Crippen LogP contribution in [-0.2, 0) is 22.4 Å². The largest absolute Gasteiger partial charge is 0.480 e. The van der Waals surface area contributed by atoms with Gasteiger partial charge >= 0.3 is 12.1 Å². The smallest absolute Gasteiger partial charge is 0.407 e. The summed E-state index contributed by atoms with van der Waals surface area (Å²) in [6.07, 6.45) is 1.01. The lowest BCUT2D eigenvalue weighted by molar-refractivity contribution is -0.139.